The Morgan fingerprint density at radius 3 is 2.81 bits per heavy atom. The summed E-state index contributed by atoms with van der Waals surface area (Å²) in [5, 5.41) is 8.83. The molecule has 5 heteroatoms. The molecule has 0 saturated heterocycles. The van der Waals surface area contributed by atoms with Crippen molar-refractivity contribution in [2.75, 3.05) is 12.3 Å². The second-order valence-corrected chi connectivity index (χ2v) is 5.36. The summed E-state index contributed by atoms with van der Waals surface area (Å²) < 4.78 is 18.7. The predicted octanol–water partition coefficient (Wildman–Crippen LogP) is 3.97. The summed E-state index contributed by atoms with van der Waals surface area (Å²) in [5.41, 5.74) is 7.55. The first-order valence-electron chi connectivity index (χ1n) is 6.47. The number of nitriles is 1. The number of nitrogens with zero attached hydrogens (tertiary/aromatic N) is 1. The van der Waals surface area contributed by atoms with Crippen molar-refractivity contribution < 1.29 is 9.13 Å². The lowest BCUT2D eigenvalue weighted by Gasteiger charge is -2.09. The lowest BCUT2D eigenvalue weighted by Crippen LogP contribution is -1.94. The molecule has 0 atom stereocenters. The maximum atomic E-state index is 13.3. The Morgan fingerprint density at radius 1 is 1.29 bits per heavy atom. The van der Waals surface area contributed by atoms with Crippen LogP contribution in [0.3, 0.4) is 0 Å². The third kappa shape index (κ3) is 3.89. The van der Waals surface area contributed by atoms with Gasteiger partial charge >= 0.3 is 0 Å². The number of halogens is 1. The molecule has 0 aromatic heterocycles. The van der Waals surface area contributed by atoms with Gasteiger partial charge in [-0.1, -0.05) is 6.07 Å². The number of ether oxygens (including phenoxy) is 1. The average Bonchev–Trinajstić information content (AvgIpc) is 2.49. The normalized spacial score (nSPS) is 10.1. The zero-order valence-electron chi connectivity index (χ0n) is 11.6. The molecule has 0 fully saturated rings. The SMILES string of the molecule is CCOc1ccc(N)c(SCc2ccc(F)c(C#N)c2)c1. The van der Waals surface area contributed by atoms with Gasteiger partial charge in [-0.15, -0.1) is 11.8 Å². The molecule has 21 heavy (non-hydrogen) atoms. The van der Waals surface area contributed by atoms with Gasteiger partial charge in [0.05, 0.1) is 12.2 Å². The molecular formula is C16H15FN2OS. The van der Waals surface area contributed by atoms with E-state index in [1.54, 1.807) is 18.2 Å². The Hall–Kier alpha value is -2.19. The van der Waals surface area contributed by atoms with Crippen LogP contribution in [-0.4, -0.2) is 6.61 Å². The molecule has 0 saturated carbocycles. The van der Waals surface area contributed by atoms with Gasteiger partial charge in [0.25, 0.3) is 0 Å². The maximum absolute atomic E-state index is 13.3. The van der Waals surface area contributed by atoms with E-state index >= 15 is 0 Å². The molecule has 2 aromatic rings. The fourth-order valence-electron chi connectivity index (χ4n) is 1.81. The van der Waals surface area contributed by atoms with E-state index in [1.807, 2.05) is 25.1 Å². The number of benzene rings is 2. The van der Waals surface area contributed by atoms with Crippen molar-refractivity contribution in [1.29, 1.82) is 5.26 Å². The van der Waals surface area contributed by atoms with E-state index in [0.29, 0.717) is 18.0 Å². The number of anilines is 1. The first-order chi connectivity index (χ1) is 10.1. The molecule has 0 spiro atoms. The zero-order valence-corrected chi connectivity index (χ0v) is 12.4. The highest BCUT2D eigenvalue weighted by molar-refractivity contribution is 7.98. The molecule has 2 rings (SSSR count). The second kappa shape index (κ2) is 7.00. The molecule has 0 aliphatic rings. The average molecular weight is 302 g/mol. The summed E-state index contributed by atoms with van der Waals surface area (Å²) >= 11 is 1.53. The highest BCUT2D eigenvalue weighted by Gasteiger charge is 2.06. The van der Waals surface area contributed by atoms with E-state index < -0.39 is 5.82 Å². The van der Waals surface area contributed by atoms with Gasteiger partial charge in [-0.3, -0.25) is 0 Å². The maximum Gasteiger partial charge on any atom is 0.140 e. The molecular weight excluding hydrogens is 287 g/mol. The Balaban J connectivity index is 2.12. The number of hydrogen-bond acceptors (Lipinski definition) is 4. The second-order valence-electron chi connectivity index (χ2n) is 4.35. The van der Waals surface area contributed by atoms with Crippen molar-refractivity contribution in [3.63, 3.8) is 0 Å². The smallest absolute Gasteiger partial charge is 0.140 e. The fourth-order valence-corrected chi connectivity index (χ4v) is 2.74. The van der Waals surface area contributed by atoms with E-state index in [2.05, 4.69) is 0 Å². The third-order valence-corrected chi connectivity index (χ3v) is 3.98. The summed E-state index contributed by atoms with van der Waals surface area (Å²) in [6.45, 7) is 2.52. The molecule has 0 amide bonds. The number of nitrogen functional groups attached to an aromatic ring is 1. The van der Waals surface area contributed by atoms with Crippen molar-refractivity contribution in [2.45, 2.75) is 17.6 Å². The molecule has 0 bridgehead atoms. The molecule has 3 nitrogen and oxygen atoms in total. The van der Waals surface area contributed by atoms with Crippen LogP contribution in [0.5, 0.6) is 5.75 Å². The van der Waals surface area contributed by atoms with Crippen LogP contribution in [0.4, 0.5) is 10.1 Å². The first-order valence-corrected chi connectivity index (χ1v) is 7.46. The summed E-state index contributed by atoms with van der Waals surface area (Å²) in [6, 6.07) is 11.9. The molecule has 0 aliphatic heterocycles. The fraction of sp³-hybridized carbons (Fsp3) is 0.188. The lowest BCUT2D eigenvalue weighted by molar-refractivity contribution is 0.339. The van der Waals surface area contributed by atoms with Crippen LogP contribution in [0.15, 0.2) is 41.3 Å². The minimum atomic E-state index is -0.496. The topological polar surface area (TPSA) is 59.0 Å². The predicted molar refractivity (Wildman–Crippen MR) is 82.7 cm³/mol. The molecule has 0 radical (unpaired) electrons. The van der Waals surface area contributed by atoms with Gasteiger partial charge in [-0.05, 0) is 42.8 Å². The molecule has 0 aliphatic carbocycles. The van der Waals surface area contributed by atoms with Crippen molar-refractivity contribution in [2.24, 2.45) is 0 Å². The van der Waals surface area contributed by atoms with Gasteiger partial charge < -0.3 is 10.5 Å². The van der Waals surface area contributed by atoms with Gasteiger partial charge in [-0.2, -0.15) is 5.26 Å². The van der Waals surface area contributed by atoms with E-state index in [0.717, 1.165) is 16.2 Å². The Morgan fingerprint density at radius 2 is 2.10 bits per heavy atom. The Labute approximate surface area is 127 Å². The van der Waals surface area contributed by atoms with Crippen LogP contribution >= 0.6 is 11.8 Å². The van der Waals surface area contributed by atoms with E-state index in [4.69, 9.17) is 15.7 Å². The third-order valence-electron chi connectivity index (χ3n) is 2.84. The van der Waals surface area contributed by atoms with Crippen molar-refractivity contribution >= 4 is 17.4 Å². The van der Waals surface area contributed by atoms with Gasteiger partial charge in [0.1, 0.15) is 17.6 Å². The largest absolute Gasteiger partial charge is 0.494 e. The van der Waals surface area contributed by atoms with Crippen molar-refractivity contribution in [1.82, 2.24) is 0 Å². The highest BCUT2D eigenvalue weighted by atomic mass is 32.2. The quantitative estimate of drug-likeness (QED) is 0.670. The monoisotopic (exact) mass is 302 g/mol. The number of thioether (sulfide) groups is 1. The van der Waals surface area contributed by atoms with E-state index in [1.165, 1.54) is 17.8 Å². The lowest BCUT2D eigenvalue weighted by atomic mass is 10.1. The first kappa shape index (κ1) is 15.2. The number of nitrogens with two attached hydrogens (primary N) is 1. The minimum absolute atomic E-state index is 0.0594. The van der Waals surface area contributed by atoms with Crippen molar-refractivity contribution in [3.8, 4) is 11.8 Å². The summed E-state index contributed by atoms with van der Waals surface area (Å²) in [5.74, 6) is 0.879. The molecule has 2 N–H and O–H groups in total. The summed E-state index contributed by atoms with van der Waals surface area (Å²) in [6.07, 6.45) is 0. The van der Waals surface area contributed by atoms with Crippen LogP contribution in [0.25, 0.3) is 0 Å². The van der Waals surface area contributed by atoms with Gasteiger partial charge in [-0.25, -0.2) is 4.39 Å². The molecule has 0 unspecified atom stereocenters. The highest BCUT2D eigenvalue weighted by Crippen LogP contribution is 2.31. The Bertz CT molecular complexity index is 682. The Kier molecular flexibility index (Phi) is 5.07. The van der Waals surface area contributed by atoms with Crippen LogP contribution < -0.4 is 10.5 Å². The zero-order chi connectivity index (χ0) is 15.2. The van der Waals surface area contributed by atoms with Crippen LogP contribution in [0.2, 0.25) is 0 Å². The van der Waals surface area contributed by atoms with Gasteiger partial charge in [0.2, 0.25) is 0 Å². The van der Waals surface area contributed by atoms with E-state index in [9.17, 15) is 4.39 Å². The molecule has 2 aromatic carbocycles. The van der Waals surface area contributed by atoms with Gasteiger partial charge in [0, 0.05) is 16.3 Å². The van der Waals surface area contributed by atoms with Crippen LogP contribution in [-0.2, 0) is 5.75 Å². The van der Waals surface area contributed by atoms with E-state index in [-0.39, 0.29) is 5.56 Å². The van der Waals surface area contributed by atoms with Crippen molar-refractivity contribution in [3.05, 3.63) is 53.3 Å². The summed E-state index contributed by atoms with van der Waals surface area (Å²) in [7, 11) is 0. The molecule has 0 heterocycles. The summed E-state index contributed by atoms with van der Waals surface area (Å²) in [4.78, 5) is 0.906. The molecule has 108 valence electrons. The number of rotatable bonds is 5. The van der Waals surface area contributed by atoms with Crippen LogP contribution in [0.1, 0.15) is 18.1 Å². The van der Waals surface area contributed by atoms with Crippen LogP contribution in [0, 0.1) is 17.1 Å². The number of hydrogen-bond donors (Lipinski definition) is 1. The minimum Gasteiger partial charge on any atom is -0.494 e. The van der Waals surface area contributed by atoms with Gasteiger partial charge in [0.15, 0.2) is 0 Å². The standard InChI is InChI=1S/C16H15FN2OS/c1-2-20-13-4-6-15(19)16(8-13)21-10-11-3-5-14(17)12(7-11)9-18/h3-8H,2,10,19H2,1H3.